The van der Waals surface area contributed by atoms with Crippen molar-refractivity contribution in [3.8, 4) is 0 Å². The molecule has 1 fully saturated rings. The molecule has 2 aromatic rings. The Balaban J connectivity index is 1.55. The van der Waals surface area contributed by atoms with Gasteiger partial charge in [0.25, 0.3) is 0 Å². The number of rotatable bonds is 9. The van der Waals surface area contributed by atoms with Crippen molar-refractivity contribution >= 4 is 20.0 Å². The molecule has 176 valence electrons. The number of sulfonamides is 2. The minimum Gasteiger partial charge on any atom is -0.394 e. The van der Waals surface area contributed by atoms with Gasteiger partial charge in [0.15, 0.2) is 0 Å². The number of aliphatic hydroxyl groups is 1. The molecule has 1 aliphatic rings. The van der Waals surface area contributed by atoms with Gasteiger partial charge in [0.05, 0.1) is 34.6 Å². The van der Waals surface area contributed by atoms with Gasteiger partial charge in [0, 0.05) is 6.54 Å². The van der Waals surface area contributed by atoms with Gasteiger partial charge >= 0.3 is 0 Å². The first-order chi connectivity index (χ1) is 15.1. The number of halogens is 2. The third-order valence-electron chi connectivity index (χ3n) is 5.07. The summed E-state index contributed by atoms with van der Waals surface area (Å²) < 4.78 is 86.8. The molecule has 3 N–H and O–H groups in total. The molecular formula is C20H24F2N2O6S2. The third-order valence-corrected chi connectivity index (χ3v) is 8.02. The van der Waals surface area contributed by atoms with Gasteiger partial charge in [0.2, 0.25) is 20.0 Å². The number of nitrogens with one attached hydrogen (secondary N) is 2. The largest absolute Gasteiger partial charge is 0.394 e. The van der Waals surface area contributed by atoms with Gasteiger partial charge in [-0.25, -0.2) is 35.1 Å². The summed E-state index contributed by atoms with van der Waals surface area (Å²) in [6.45, 7) is -0.441. The molecule has 0 bridgehead atoms. The average Bonchev–Trinajstić information content (AvgIpc) is 2.74. The van der Waals surface area contributed by atoms with E-state index in [1.807, 2.05) is 0 Å². The summed E-state index contributed by atoms with van der Waals surface area (Å²) in [5.41, 5.74) is 0. The molecule has 2 aromatic carbocycles. The van der Waals surface area contributed by atoms with E-state index in [4.69, 9.17) is 4.74 Å². The van der Waals surface area contributed by atoms with E-state index in [1.54, 1.807) is 0 Å². The summed E-state index contributed by atoms with van der Waals surface area (Å²) in [5, 5.41) is 9.65. The van der Waals surface area contributed by atoms with E-state index in [2.05, 4.69) is 9.44 Å². The first-order valence-corrected chi connectivity index (χ1v) is 12.9. The summed E-state index contributed by atoms with van der Waals surface area (Å²) in [4.78, 5) is -0.426. The van der Waals surface area contributed by atoms with Crippen molar-refractivity contribution in [3.05, 3.63) is 60.2 Å². The Hall–Kier alpha value is -1.96. The van der Waals surface area contributed by atoms with Crippen molar-refractivity contribution in [2.75, 3.05) is 13.2 Å². The average molecular weight is 491 g/mol. The molecule has 3 rings (SSSR count). The van der Waals surface area contributed by atoms with Crippen molar-refractivity contribution in [2.24, 2.45) is 0 Å². The highest BCUT2D eigenvalue weighted by molar-refractivity contribution is 7.89. The van der Waals surface area contributed by atoms with E-state index in [-0.39, 0.29) is 22.8 Å². The molecule has 12 heteroatoms. The highest BCUT2D eigenvalue weighted by atomic mass is 32.2. The van der Waals surface area contributed by atoms with Crippen LogP contribution in [-0.4, -0.2) is 53.3 Å². The number of hydrogen-bond acceptors (Lipinski definition) is 6. The van der Waals surface area contributed by atoms with Crippen molar-refractivity contribution in [3.63, 3.8) is 0 Å². The Labute approximate surface area is 185 Å². The van der Waals surface area contributed by atoms with Crippen LogP contribution in [-0.2, 0) is 24.8 Å². The SMILES string of the molecule is O=S(=O)(NCC[C@H]1CC[C@@H](NS(=O)(=O)c2cccc(F)c2)[C@H](CO)O1)c1cccc(F)c1. The lowest BCUT2D eigenvalue weighted by Gasteiger charge is -2.36. The van der Waals surface area contributed by atoms with Crippen LogP contribution in [0.15, 0.2) is 58.3 Å². The van der Waals surface area contributed by atoms with Gasteiger partial charge < -0.3 is 9.84 Å². The highest BCUT2D eigenvalue weighted by Crippen LogP contribution is 2.24. The van der Waals surface area contributed by atoms with Crippen LogP contribution in [0.5, 0.6) is 0 Å². The monoisotopic (exact) mass is 490 g/mol. The zero-order valence-corrected chi connectivity index (χ0v) is 18.6. The van der Waals surface area contributed by atoms with Gasteiger partial charge in [-0.15, -0.1) is 0 Å². The first kappa shape index (κ1) is 24.7. The summed E-state index contributed by atoms with van der Waals surface area (Å²) >= 11 is 0. The minimum absolute atomic E-state index is 0.0152. The number of hydrogen-bond donors (Lipinski definition) is 3. The molecule has 1 aliphatic heterocycles. The normalized spacial score (nSPS) is 22.0. The van der Waals surface area contributed by atoms with Crippen LogP contribution in [0.3, 0.4) is 0 Å². The summed E-state index contributed by atoms with van der Waals surface area (Å²) in [6.07, 6.45) is -0.251. The highest BCUT2D eigenvalue weighted by Gasteiger charge is 2.34. The van der Waals surface area contributed by atoms with E-state index in [1.165, 1.54) is 24.3 Å². The minimum atomic E-state index is -4.02. The molecule has 0 aliphatic carbocycles. The molecule has 0 saturated carbocycles. The standard InChI is InChI=1S/C20H24F2N2O6S2/c21-14-3-1-5-17(11-14)31(26,27)23-10-9-16-7-8-19(20(13-25)30-16)24-32(28,29)18-6-2-4-15(22)12-18/h1-6,11-12,16,19-20,23-25H,7-10,13H2/t16-,19-,20+/m1/s1. The van der Waals surface area contributed by atoms with Crippen LogP contribution >= 0.6 is 0 Å². The summed E-state index contributed by atoms with van der Waals surface area (Å²) in [7, 11) is -7.91. The zero-order valence-electron chi connectivity index (χ0n) is 16.9. The van der Waals surface area contributed by atoms with E-state index in [9.17, 15) is 30.7 Å². The molecule has 0 aromatic heterocycles. The van der Waals surface area contributed by atoms with Crippen LogP contribution in [0, 0.1) is 11.6 Å². The molecule has 0 unspecified atom stereocenters. The van der Waals surface area contributed by atoms with Crippen molar-refractivity contribution in [1.29, 1.82) is 0 Å². The Kier molecular flexibility index (Phi) is 7.96. The van der Waals surface area contributed by atoms with Crippen molar-refractivity contribution < 1.29 is 35.5 Å². The van der Waals surface area contributed by atoms with E-state index < -0.39 is 56.5 Å². The lowest BCUT2D eigenvalue weighted by atomic mass is 9.98. The molecule has 1 heterocycles. The Morgan fingerprint density at radius 3 is 2.09 bits per heavy atom. The van der Waals surface area contributed by atoms with Crippen molar-refractivity contribution in [1.82, 2.24) is 9.44 Å². The summed E-state index contributed by atoms with van der Waals surface area (Å²) in [5.74, 6) is -1.35. The van der Waals surface area contributed by atoms with Crippen LogP contribution in [0.4, 0.5) is 8.78 Å². The second-order valence-corrected chi connectivity index (χ2v) is 10.9. The molecular weight excluding hydrogens is 466 g/mol. The quantitative estimate of drug-likeness (QED) is 0.490. The number of benzene rings is 2. The van der Waals surface area contributed by atoms with Gasteiger partial charge in [-0.2, -0.15) is 0 Å². The third kappa shape index (κ3) is 6.30. The number of aliphatic hydroxyl groups excluding tert-OH is 1. The van der Waals surface area contributed by atoms with Gasteiger partial charge in [-0.3, -0.25) is 0 Å². The number of ether oxygens (including phenoxy) is 1. The second kappa shape index (κ2) is 10.3. The maximum Gasteiger partial charge on any atom is 0.241 e. The van der Waals surface area contributed by atoms with Crippen molar-refractivity contribution in [2.45, 2.75) is 47.3 Å². The van der Waals surface area contributed by atoms with Crippen LogP contribution in [0.1, 0.15) is 19.3 Å². The zero-order chi connectivity index (χ0) is 23.4. The van der Waals surface area contributed by atoms with Gasteiger partial charge in [0.1, 0.15) is 11.6 Å². The van der Waals surface area contributed by atoms with E-state index in [0.29, 0.717) is 12.8 Å². The second-order valence-electron chi connectivity index (χ2n) is 7.39. The predicted molar refractivity (Wildman–Crippen MR) is 112 cm³/mol. The molecule has 3 atom stereocenters. The Morgan fingerprint density at radius 1 is 0.938 bits per heavy atom. The fraction of sp³-hybridized carbons (Fsp3) is 0.400. The van der Waals surface area contributed by atoms with Crippen LogP contribution in [0.25, 0.3) is 0 Å². The van der Waals surface area contributed by atoms with E-state index >= 15 is 0 Å². The molecule has 32 heavy (non-hydrogen) atoms. The van der Waals surface area contributed by atoms with Crippen LogP contribution in [0.2, 0.25) is 0 Å². The molecule has 0 amide bonds. The molecule has 0 radical (unpaired) electrons. The van der Waals surface area contributed by atoms with Crippen LogP contribution < -0.4 is 9.44 Å². The first-order valence-electron chi connectivity index (χ1n) is 9.90. The fourth-order valence-electron chi connectivity index (χ4n) is 3.45. The van der Waals surface area contributed by atoms with Gasteiger partial charge in [-0.1, -0.05) is 12.1 Å². The van der Waals surface area contributed by atoms with E-state index in [0.717, 1.165) is 24.3 Å². The molecule has 8 nitrogen and oxygen atoms in total. The maximum absolute atomic E-state index is 13.4. The maximum atomic E-state index is 13.4. The Bertz CT molecular complexity index is 1140. The fourth-order valence-corrected chi connectivity index (χ4v) is 5.86. The summed E-state index contributed by atoms with van der Waals surface area (Å²) in [6, 6.07) is 8.47. The topological polar surface area (TPSA) is 122 Å². The molecule has 1 saturated heterocycles. The lowest BCUT2D eigenvalue weighted by Crippen LogP contribution is -2.51. The predicted octanol–water partition coefficient (Wildman–Crippen LogP) is 1.52. The molecule has 0 spiro atoms. The van der Waals surface area contributed by atoms with Gasteiger partial charge in [-0.05, 0) is 55.7 Å². The lowest BCUT2D eigenvalue weighted by molar-refractivity contribution is -0.0869. The Morgan fingerprint density at radius 2 is 1.53 bits per heavy atom. The smallest absolute Gasteiger partial charge is 0.241 e.